The second-order valence-corrected chi connectivity index (χ2v) is 9.90. The Bertz CT molecular complexity index is 1400. The fraction of sp³-hybridized carbons (Fsp3) is 0.345. The Hall–Kier alpha value is -3.80. The fourth-order valence-electron chi connectivity index (χ4n) is 6.02. The Morgan fingerprint density at radius 2 is 2.11 bits per heavy atom. The second-order valence-electron chi connectivity index (χ2n) is 9.90. The van der Waals surface area contributed by atoms with Crippen LogP contribution in [0.4, 0.5) is 10.1 Å². The van der Waals surface area contributed by atoms with Crippen molar-refractivity contribution in [1.29, 1.82) is 5.26 Å². The summed E-state index contributed by atoms with van der Waals surface area (Å²) in [5.41, 5.74) is -0.377. The molecule has 3 aromatic rings. The lowest BCUT2D eigenvalue weighted by molar-refractivity contribution is -0.133. The molecule has 37 heavy (non-hydrogen) atoms. The van der Waals surface area contributed by atoms with Crippen LogP contribution in [0.3, 0.4) is 0 Å². The van der Waals surface area contributed by atoms with Gasteiger partial charge >= 0.3 is 0 Å². The van der Waals surface area contributed by atoms with E-state index in [0.29, 0.717) is 40.7 Å². The van der Waals surface area contributed by atoms with Crippen molar-refractivity contribution in [3.8, 4) is 11.8 Å². The summed E-state index contributed by atoms with van der Waals surface area (Å²) in [6.45, 7) is 6.06. The Morgan fingerprint density at radius 1 is 1.35 bits per heavy atom. The van der Waals surface area contributed by atoms with Gasteiger partial charge in [0.15, 0.2) is 0 Å². The Balaban J connectivity index is 1.43. The van der Waals surface area contributed by atoms with E-state index in [1.807, 2.05) is 6.07 Å². The third kappa shape index (κ3) is 3.95. The minimum Gasteiger partial charge on any atom is -0.493 e. The van der Waals surface area contributed by atoms with Crippen LogP contribution in [-0.4, -0.2) is 47.0 Å². The van der Waals surface area contributed by atoms with E-state index in [9.17, 15) is 19.6 Å². The third-order valence-electron chi connectivity index (χ3n) is 7.89. The molecule has 5 rings (SSSR count). The molecule has 8 heteroatoms. The molecule has 0 radical (unpaired) electrons. The van der Waals surface area contributed by atoms with Gasteiger partial charge < -0.3 is 19.5 Å². The largest absolute Gasteiger partial charge is 0.493 e. The summed E-state index contributed by atoms with van der Waals surface area (Å²) in [6.07, 6.45) is 3.27. The van der Waals surface area contributed by atoms with Crippen LogP contribution in [0.25, 0.3) is 10.9 Å². The van der Waals surface area contributed by atoms with E-state index >= 15 is 0 Å². The standard InChI is InChI=1S/C29H28FN3O4/c1-4-22-25(27(35)33(3)23-12-7-18(17-31)26-21(23)6-5-14-32-26)28(2)24(34)16-29(22,37-28)13-15-36-20-10-8-19(30)9-11-20/h4-12,14,22,24-25,34H,1,13,15-16H2,2-3H3/t22-,24-,25-,28-,29+/m1/s1. The molecule has 1 aromatic heterocycles. The van der Waals surface area contributed by atoms with Crippen molar-refractivity contribution in [3.05, 3.63) is 78.8 Å². The molecule has 0 unspecified atom stereocenters. The number of aliphatic hydroxyl groups excluding tert-OH is 1. The Kier molecular flexibility index (Phi) is 6.22. The summed E-state index contributed by atoms with van der Waals surface area (Å²) in [4.78, 5) is 20.0. The number of rotatable bonds is 7. The molecule has 0 saturated carbocycles. The number of fused-ring (bicyclic) bond motifs is 3. The number of carbonyl (C=O) groups excluding carboxylic acids is 1. The van der Waals surface area contributed by atoms with Crippen LogP contribution < -0.4 is 9.64 Å². The number of pyridine rings is 1. The quantitative estimate of drug-likeness (QED) is 0.483. The zero-order chi connectivity index (χ0) is 26.4. The van der Waals surface area contributed by atoms with Crippen molar-refractivity contribution in [1.82, 2.24) is 4.98 Å². The molecule has 0 spiro atoms. The number of aromatic nitrogens is 1. The fourth-order valence-corrected chi connectivity index (χ4v) is 6.02. The molecule has 3 heterocycles. The number of aliphatic hydroxyl groups is 1. The highest BCUT2D eigenvalue weighted by molar-refractivity contribution is 6.05. The molecule has 190 valence electrons. The van der Waals surface area contributed by atoms with Crippen molar-refractivity contribution in [2.75, 3.05) is 18.6 Å². The Morgan fingerprint density at radius 3 is 2.81 bits per heavy atom. The maximum Gasteiger partial charge on any atom is 0.233 e. The number of nitriles is 1. The molecule has 1 N–H and O–H groups in total. The monoisotopic (exact) mass is 501 g/mol. The highest BCUT2D eigenvalue weighted by Crippen LogP contribution is 2.60. The van der Waals surface area contributed by atoms with Crippen LogP contribution in [0.5, 0.6) is 5.75 Å². The van der Waals surface area contributed by atoms with Crippen molar-refractivity contribution < 1.29 is 23.8 Å². The number of hydrogen-bond donors (Lipinski definition) is 1. The van der Waals surface area contributed by atoms with Crippen LogP contribution in [-0.2, 0) is 9.53 Å². The van der Waals surface area contributed by atoms with Gasteiger partial charge in [-0.05, 0) is 55.5 Å². The summed E-state index contributed by atoms with van der Waals surface area (Å²) in [5.74, 6) is -1.09. The van der Waals surface area contributed by atoms with Gasteiger partial charge in [-0.15, -0.1) is 6.58 Å². The SMILES string of the molecule is C=C[C@@H]1[C@H](C(=O)N(C)c2ccc(C#N)c3ncccc23)[C@]2(C)O[C@@]1(CCOc1ccc(F)cc1)C[C@H]2O. The summed E-state index contributed by atoms with van der Waals surface area (Å²) in [7, 11) is 1.68. The minimum absolute atomic E-state index is 0.220. The van der Waals surface area contributed by atoms with Crippen LogP contribution in [0.2, 0.25) is 0 Å². The molecule has 0 aliphatic carbocycles. The molecule has 2 saturated heterocycles. The van der Waals surface area contributed by atoms with Crippen LogP contribution in [0.1, 0.15) is 25.3 Å². The molecule has 2 aliphatic heterocycles. The Labute approximate surface area is 214 Å². The number of carbonyl (C=O) groups is 1. The van der Waals surface area contributed by atoms with E-state index in [1.54, 1.807) is 61.5 Å². The number of benzene rings is 2. The summed E-state index contributed by atoms with van der Waals surface area (Å²) >= 11 is 0. The summed E-state index contributed by atoms with van der Waals surface area (Å²) in [5, 5.41) is 21.2. The van der Waals surface area contributed by atoms with Crippen molar-refractivity contribution >= 4 is 22.5 Å². The van der Waals surface area contributed by atoms with Gasteiger partial charge in [0.2, 0.25) is 5.91 Å². The highest BCUT2D eigenvalue weighted by atomic mass is 19.1. The number of ether oxygens (including phenoxy) is 2. The topological polar surface area (TPSA) is 95.7 Å². The van der Waals surface area contributed by atoms with E-state index in [0.717, 1.165) is 0 Å². The minimum atomic E-state index is -1.11. The lowest BCUT2D eigenvalue weighted by Crippen LogP contribution is -2.54. The number of amides is 1. The summed E-state index contributed by atoms with van der Waals surface area (Å²) < 4.78 is 25.5. The highest BCUT2D eigenvalue weighted by Gasteiger charge is 2.70. The number of anilines is 1. The predicted molar refractivity (Wildman–Crippen MR) is 136 cm³/mol. The number of nitrogens with zero attached hydrogens (tertiary/aromatic N) is 3. The van der Waals surface area contributed by atoms with Crippen LogP contribution in [0, 0.1) is 29.0 Å². The van der Waals surface area contributed by atoms with Gasteiger partial charge in [0, 0.05) is 37.4 Å². The van der Waals surface area contributed by atoms with Crippen molar-refractivity contribution in [2.45, 2.75) is 37.1 Å². The third-order valence-corrected chi connectivity index (χ3v) is 7.89. The lowest BCUT2D eigenvalue weighted by Gasteiger charge is -2.39. The summed E-state index contributed by atoms with van der Waals surface area (Å²) in [6, 6.07) is 14.9. The lowest BCUT2D eigenvalue weighted by atomic mass is 9.64. The van der Waals surface area contributed by atoms with E-state index in [2.05, 4.69) is 17.6 Å². The molecular weight excluding hydrogens is 473 g/mol. The average molecular weight is 502 g/mol. The maximum atomic E-state index is 14.1. The van der Waals surface area contributed by atoms with Crippen molar-refractivity contribution in [3.63, 3.8) is 0 Å². The molecule has 2 aromatic carbocycles. The van der Waals surface area contributed by atoms with Gasteiger partial charge in [0.05, 0.1) is 41.0 Å². The van der Waals surface area contributed by atoms with Gasteiger partial charge in [-0.3, -0.25) is 9.78 Å². The molecule has 2 bridgehead atoms. The van der Waals surface area contributed by atoms with E-state index in [-0.39, 0.29) is 24.2 Å². The molecule has 7 nitrogen and oxygen atoms in total. The van der Waals surface area contributed by atoms with E-state index in [4.69, 9.17) is 9.47 Å². The average Bonchev–Trinajstić information content (AvgIpc) is 3.31. The maximum absolute atomic E-state index is 14.1. The molecular formula is C29H28FN3O4. The number of hydrogen-bond acceptors (Lipinski definition) is 6. The van der Waals surface area contributed by atoms with Crippen LogP contribution >= 0.6 is 0 Å². The zero-order valence-corrected chi connectivity index (χ0v) is 20.7. The van der Waals surface area contributed by atoms with E-state index < -0.39 is 23.2 Å². The van der Waals surface area contributed by atoms with Crippen molar-refractivity contribution in [2.24, 2.45) is 11.8 Å². The van der Waals surface area contributed by atoms with Gasteiger partial charge in [-0.1, -0.05) is 6.08 Å². The first-order valence-corrected chi connectivity index (χ1v) is 12.2. The second kappa shape index (κ2) is 9.25. The number of halogens is 1. The first kappa shape index (κ1) is 24.9. The zero-order valence-electron chi connectivity index (χ0n) is 20.7. The van der Waals surface area contributed by atoms with E-state index in [1.165, 1.54) is 12.1 Å². The van der Waals surface area contributed by atoms with Gasteiger partial charge in [-0.2, -0.15) is 5.26 Å². The molecule has 5 atom stereocenters. The molecule has 2 fully saturated rings. The van der Waals surface area contributed by atoms with Crippen LogP contribution in [0.15, 0.2) is 67.4 Å². The van der Waals surface area contributed by atoms with Gasteiger partial charge in [0.25, 0.3) is 0 Å². The molecule has 2 aliphatic rings. The predicted octanol–water partition coefficient (Wildman–Crippen LogP) is 4.39. The normalized spacial score (nSPS) is 28.1. The first-order chi connectivity index (χ1) is 17.7. The van der Waals surface area contributed by atoms with Gasteiger partial charge in [-0.25, -0.2) is 4.39 Å². The first-order valence-electron chi connectivity index (χ1n) is 12.2. The smallest absolute Gasteiger partial charge is 0.233 e. The van der Waals surface area contributed by atoms with Gasteiger partial charge in [0.1, 0.15) is 23.2 Å². The molecule has 1 amide bonds.